The summed E-state index contributed by atoms with van der Waals surface area (Å²) < 4.78 is 0. The van der Waals surface area contributed by atoms with Gasteiger partial charge >= 0.3 is 0 Å². The molecule has 1 saturated heterocycles. The van der Waals surface area contributed by atoms with Gasteiger partial charge in [-0.25, -0.2) is 0 Å². The van der Waals surface area contributed by atoms with Crippen LogP contribution in [0.4, 0.5) is 0 Å². The minimum Gasteiger partial charge on any atom is -0.352 e. The van der Waals surface area contributed by atoms with Crippen molar-refractivity contribution in [1.29, 1.82) is 0 Å². The van der Waals surface area contributed by atoms with E-state index >= 15 is 0 Å². The number of nitrogens with one attached hydrogen (secondary N) is 1. The van der Waals surface area contributed by atoms with Gasteiger partial charge in [-0.15, -0.1) is 0 Å². The fourth-order valence-corrected chi connectivity index (χ4v) is 3.36. The topological polar surface area (TPSA) is 36.1 Å². The monoisotopic (exact) mass is 240 g/mol. The summed E-state index contributed by atoms with van der Waals surface area (Å²) in [6.45, 7) is 3.04. The first kappa shape index (κ1) is 10.3. The number of fused-ring (bicyclic) bond motifs is 3. The number of para-hydroxylation sites is 1. The van der Waals surface area contributed by atoms with E-state index in [1.165, 1.54) is 10.9 Å². The lowest BCUT2D eigenvalue weighted by molar-refractivity contribution is 0.0804. The van der Waals surface area contributed by atoms with E-state index in [2.05, 4.69) is 22.0 Å². The van der Waals surface area contributed by atoms with Crippen LogP contribution in [0.2, 0.25) is 0 Å². The van der Waals surface area contributed by atoms with E-state index in [4.69, 9.17) is 0 Å². The van der Waals surface area contributed by atoms with Crippen LogP contribution in [-0.4, -0.2) is 28.8 Å². The molecule has 18 heavy (non-hydrogen) atoms. The van der Waals surface area contributed by atoms with Crippen LogP contribution in [0.3, 0.4) is 0 Å². The van der Waals surface area contributed by atoms with Crippen LogP contribution in [0.25, 0.3) is 10.9 Å². The average molecular weight is 240 g/mol. The number of carbonyl (C=O) groups is 1. The summed E-state index contributed by atoms with van der Waals surface area (Å²) in [5.41, 5.74) is 3.17. The molecule has 0 saturated carbocycles. The summed E-state index contributed by atoms with van der Waals surface area (Å²) in [7, 11) is 0. The van der Waals surface area contributed by atoms with E-state index in [0.29, 0.717) is 5.78 Å². The Hall–Kier alpha value is -1.61. The number of hydrogen-bond donors (Lipinski definition) is 1. The molecule has 0 unspecified atom stereocenters. The molecule has 92 valence electrons. The van der Waals surface area contributed by atoms with E-state index in [1.54, 1.807) is 0 Å². The minimum absolute atomic E-state index is 0.230. The number of nitrogens with zero attached hydrogens (tertiary/aromatic N) is 1. The first-order valence-corrected chi connectivity index (χ1v) is 6.69. The highest BCUT2D eigenvalue weighted by Crippen LogP contribution is 2.32. The van der Waals surface area contributed by atoms with Crippen LogP contribution in [0.1, 0.15) is 28.9 Å². The molecule has 1 N–H and O–H groups in total. The van der Waals surface area contributed by atoms with Crippen molar-refractivity contribution in [3.63, 3.8) is 0 Å². The van der Waals surface area contributed by atoms with Crippen LogP contribution >= 0.6 is 0 Å². The minimum atomic E-state index is 0.230. The van der Waals surface area contributed by atoms with Crippen molar-refractivity contribution < 1.29 is 4.79 Å². The SMILES string of the molecule is O=C1c2[nH]c3ccccc3c2CN2CCC1CC2. The number of piperidine rings is 1. The third kappa shape index (κ3) is 1.37. The summed E-state index contributed by atoms with van der Waals surface area (Å²) in [5, 5.41) is 1.22. The smallest absolute Gasteiger partial charge is 0.182 e. The maximum absolute atomic E-state index is 12.6. The molecule has 2 bridgehead atoms. The predicted molar refractivity (Wildman–Crippen MR) is 70.6 cm³/mol. The molecule has 0 aliphatic carbocycles. The molecule has 1 aromatic heterocycles. The van der Waals surface area contributed by atoms with E-state index in [9.17, 15) is 4.79 Å². The first-order chi connectivity index (χ1) is 8.83. The van der Waals surface area contributed by atoms with Crippen LogP contribution in [-0.2, 0) is 6.54 Å². The van der Waals surface area contributed by atoms with Crippen molar-refractivity contribution in [2.24, 2.45) is 5.92 Å². The van der Waals surface area contributed by atoms with E-state index in [1.807, 2.05) is 12.1 Å². The average Bonchev–Trinajstić information content (AvgIpc) is 2.75. The summed E-state index contributed by atoms with van der Waals surface area (Å²) in [6.07, 6.45) is 2.04. The van der Waals surface area contributed by atoms with Gasteiger partial charge in [-0.3, -0.25) is 9.69 Å². The lowest BCUT2D eigenvalue weighted by Gasteiger charge is -2.33. The zero-order valence-electron chi connectivity index (χ0n) is 10.3. The van der Waals surface area contributed by atoms with Gasteiger partial charge in [0.1, 0.15) is 0 Å². The van der Waals surface area contributed by atoms with Gasteiger partial charge in [0.2, 0.25) is 0 Å². The fourth-order valence-electron chi connectivity index (χ4n) is 3.36. The molecule has 4 heterocycles. The molecule has 2 aromatic rings. The molecular weight excluding hydrogens is 224 g/mol. The molecule has 3 heteroatoms. The molecule has 1 fully saturated rings. The Morgan fingerprint density at radius 1 is 1.17 bits per heavy atom. The summed E-state index contributed by atoms with van der Waals surface area (Å²) in [4.78, 5) is 18.4. The van der Waals surface area contributed by atoms with Gasteiger partial charge in [-0.2, -0.15) is 0 Å². The highest BCUT2D eigenvalue weighted by atomic mass is 16.1. The number of hydrogen-bond acceptors (Lipinski definition) is 2. The molecule has 0 spiro atoms. The normalized spacial score (nSPS) is 27.0. The zero-order valence-corrected chi connectivity index (χ0v) is 10.3. The Morgan fingerprint density at radius 3 is 2.78 bits per heavy atom. The van der Waals surface area contributed by atoms with Gasteiger partial charge < -0.3 is 4.98 Å². The van der Waals surface area contributed by atoms with Crippen LogP contribution in [0.5, 0.6) is 0 Å². The third-order valence-corrected chi connectivity index (χ3v) is 4.40. The Labute approximate surface area is 106 Å². The van der Waals surface area contributed by atoms with Crippen LogP contribution in [0, 0.1) is 5.92 Å². The molecule has 0 radical (unpaired) electrons. The van der Waals surface area contributed by atoms with Gasteiger partial charge in [-0.1, -0.05) is 18.2 Å². The van der Waals surface area contributed by atoms with E-state index in [0.717, 1.165) is 43.7 Å². The van der Waals surface area contributed by atoms with Crippen LogP contribution < -0.4 is 0 Å². The van der Waals surface area contributed by atoms with Crippen molar-refractivity contribution >= 4 is 16.7 Å². The number of Topliss-reactive ketones (excluding diaryl/α,β-unsaturated/α-hetero) is 1. The maximum Gasteiger partial charge on any atom is 0.182 e. The number of ketones is 1. The number of carbonyl (C=O) groups excluding carboxylic acids is 1. The first-order valence-electron chi connectivity index (χ1n) is 6.69. The van der Waals surface area contributed by atoms with Gasteiger partial charge in [0.25, 0.3) is 0 Å². The van der Waals surface area contributed by atoms with Crippen molar-refractivity contribution in [1.82, 2.24) is 9.88 Å². The Kier molecular flexibility index (Phi) is 2.12. The number of aromatic amines is 1. The van der Waals surface area contributed by atoms with Crippen LogP contribution in [0.15, 0.2) is 24.3 Å². The second-order valence-corrected chi connectivity index (χ2v) is 5.44. The summed E-state index contributed by atoms with van der Waals surface area (Å²) in [5.74, 6) is 0.564. The Bertz CT molecular complexity index is 620. The lowest BCUT2D eigenvalue weighted by Crippen LogP contribution is -2.39. The van der Waals surface area contributed by atoms with Crippen molar-refractivity contribution in [2.75, 3.05) is 13.1 Å². The number of aromatic nitrogens is 1. The molecule has 3 aliphatic heterocycles. The molecule has 5 rings (SSSR count). The van der Waals surface area contributed by atoms with Gasteiger partial charge in [0, 0.05) is 28.9 Å². The largest absolute Gasteiger partial charge is 0.352 e. The lowest BCUT2D eigenvalue weighted by atomic mass is 9.87. The van der Waals surface area contributed by atoms with Crippen molar-refractivity contribution in [2.45, 2.75) is 19.4 Å². The second-order valence-electron chi connectivity index (χ2n) is 5.44. The molecule has 3 aliphatic rings. The van der Waals surface area contributed by atoms with Gasteiger partial charge in [0.15, 0.2) is 5.78 Å². The second kappa shape index (κ2) is 3.69. The summed E-state index contributed by atoms with van der Waals surface area (Å²) in [6, 6.07) is 8.25. The Morgan fingerprint density at radius 2 is 1.94 bits per heavy atom. The van der Waals surface area contributed by atoms with Gasteiger partial charge in [0.05, 0.1) is 5.69 Å². The number of benzene rings is 1. The molecule has 3 nitrogen and oxygen atoms in total. The van der Waals surface area contributed by atoms with E-state index in [-0.39, 0.29) is 5.92 Å². The fraction of sp³-hybridized carbons (Fsp3) is 0.400. The van der Waals surface area contributed by atoms with Gasteiger partial charge in [-0.05, 0) is 32.0 Å². The van der Waals surface area contributed by atoms with Crippen molar-refractivity contribution in [3.05, 3.63) is 35.5 Å². The highest BCUT2D eigenvalue weighted by Gasteiger charge is 2.32. The third-order valence-electron chi connectivity index (χ3n) is 4.40. The molecular formula is C15H16N2O. The summed E-state index contributed by atoms with van der Waals surface area (Å²) >= 11 is 0. The standard InChI is InChI=1S/C15H16N2O/c18-15-10-5-7-17(8-6-10)9-12-11-3-1-2-4-13(11)16-14(12)15/h1-4,10,16H,5-9H2. The number of H-pyrrole nitrogens is 1. The molecule has 1 aromatic carbocycles. The molecule has 0 amide bonds. The Balaban J connectivity index is 1.97. The highest BCUT2D eigenvalue weighted by molar-refractivity contribution is 6.03. The molecule has 0 atom stereocenters. The number of rotatable bonds is 0. The van der Waals surface area contributed by atoms with E-state index < -0.39 is 0 Å². The zero-order chi connectivity index (χ0) is 12.1. The quantitative estimate of drug-likeness (QED) is 0.768. The van der Waals surface area contributed by atoms with Crippen molar-refractivity contribution in [3.8, 4) is 0 Å². The maximum atomic E-state index is 12.6. The predicted octanol–water partition coefficient (Wildman–Crippen LogP) is 2.58.